The summed E-state index contributed by atoms with van der Waals surface area (Å²) in [5, 5.41) is 26.4. The molecule has 0 spiro atoms. The van der Waals surface area contributed by atoms with Gasteiger partial charge in [0.1, 0.15) is 13.2 Å². The second-order valence-corrected chi connectivity index (χ2v) is 9.74. The zero-order valence-corrected chi connectivity index (χ0v) is 22.3. The molecule has 1 fully saturated rings. The summed E-state index contributed by atoms with van der Waals surface area (Å²) in [6, 6.07) is 22.2. The van der Waals surface area contributed by atoms with Gasteiger partial charge in [-0.2, -0.15) is 0 Å². The van der Waals surface area contributed by atoms with E-state index in [4.69, 9.17) is 19.1 Å². The molecule has 0 saturated carbocycles. The van der Waals surface area contributed by atoms with Crippen LogP contribution in [0.1, 0.15) is 50.2 Å². The van der Waals surface area contributed by atoms with Gasteiger partial charge in [-0.1, -0.05) is 65.8 Å². The van der Waals surface area contributed by atoms with Gasteiger partial charge < -0.3 is 29.3 Å². The van der Waals surface area contributed by atoms with Crippen molar-refractivity contribution in [3.05, 3.63) is 107 Å². The SMILES string of the molecule is O=C(O)c1cc([C@@H]2CCN(CCNC(=O)c3cc(OCc4ccccc4)c(OCc4ccccc4)c[n+]3O)C2)no1. The maximum Gasteiger partial charge on any atom is 0.374 e. The molecule has 1 aliphatic heterocycles. The number of likely N-dealkylation sites (tertiary alicyclic amines) is 1. The lowest BCUT2D eigenvalue weighted by Gasteiger charge is -2.15. The Balaban J connectivity index is 1.21. The monoisotopic (exact) mass is 559 g/mol. The lowest BCUT2D eigenvalue weighted by Crippen LogP contribution is -2.43. The van der Waals surface area contributed by atoms with Crippen molar-refractivity contribution in [3.63, 3.8) is 0 Å². The summed E-state index contributed by atoms with van der Waals surface area (Å²) in [6.07, 6.45) is 2.13. The van der Waals surface area contributed by atoms with Gasteiger partial charge in [0.05, 0.1) is 11.8 Å². The van der Waals surface area contributed by atoms with Crippen molar-refractivity contribution in [3.8, 4) is 11.5 Å². The van der Waals surface area contributed by atoms with Gasteiger partial charge in [-0.25, -0.2) is 4.79 Å². The van der Waals surface area contributed by atoms with E-state index < -0.39 is 11.9 Å². The van der Waals surface area contributed by atoms with Crippen LogP contribution in [-0.2, 0) is 13.2 Å². The van der Waals surface area contributed by atoms with E-state index in [1.165, 1.54) is 18.3 Å². The average molecular weight is 560 g/mol. The fraction of sp³-hybridized carbons (Fsp3) is 0.267. The Morgan fingerprint density at radius 1 is 1.00 bits per heavy atom. The Kier molecular flexibility index (Phi) is 8.75. The number of ether oxygens (including phenoxy) is 2. The Morgan fingerprint density at radius 2 is 1.66 bits per heavy atom. The van der Waals surface area contributed by atoms with Gasteiger partial charge in [-0.05, 0) is 24.1 Å². The quantitative estimate of drug-likeness (QED) is 0.176. The molecule has 3 heterocycles. The molecule has 0 bridgehead atoms. The van der Waals surface area contributed by atoms with Gasteiger partial charge >= 0.3 is 17.6 Å². The van der Waals surface area contributed by atoms with E-state index in [1.54, 1.807) is 0 Å². The van der Waals surface area contributed by atoms with Crippen LogP contribution in [0.5, 0.6) is 11.5 Å². The molecule has 11 nitrogen and oxygen atoms in total. The predicted octanol–water partition coefficient (Wildman–Crippen LogP) is 3.27. The minimum Gasteiger partial charge on any atom is -0.484 e. The molecule has 2 aromatic carbocycles. The molecule has 5 rings (SSSR count). The summed E-state index contributed by atoms with van der Waals surface area (Å²) in [5.41, 5.74) is 2.51. The first-order valence-corrected chi connectivity index (χ1v) is 13.3. The number of benzene rings is 2. The van der Waals surface area contributed by atoms with Crippen LogP contribution in [0.4, 0.5) is 0 Å². The van der Waals surface area contributed by atoms with Crippen LogP contribution >= 0.6 is 0 Å². The van der Waals surface area contributed by atoms with Crippen molar-refractivity contribution in [2.75, 3.05) is 26.2 Å². The molecule has 4 aromatic rings. The van der Waals surface area contributed by atoms with Gasteiger partial charge in [0.25, 0.3) is 6.20 Å². The number of carbonyl (C=O) groups is 2. The summed E-state index contributed by atoms with van der Waals surface area (Å²) in [5.74, 6) is -1.10. The number of hydrogen-bond acceptors (Lipinski definition) is 8. The number of carbonyl (C=O) groups excluding carboxylic acids is 1. The van der Waals surface area contributed by atoms with Crippen LogP contribution in [0.2, 0.25) is 0 Å². The van der Waals surface area contributed by atoms with Crippen LogP contribution in [0.3, 0.4) is 0 Å². The number of carboxylic acids is 1. The van der Waals surface area contributed by atoms with E-state index >= 15 is 0 Å². The lowest BCUT2D eigenvalue weighted by atomic mass is 10.1. The number of aromatic carboxylic acids is 1. The fourth-order valence-electron chi connectivity index (χ4n) is 4.64. The topological polar surface area (TPSA) is 138 Å². The number of amides is 1. The number of rotatable bonds is 12. The molecule has 1 atom stereocenters. The largest absolute Gasteiger partial charge is 0.484 e. The van der Waals surface area contributed by atoms with Gasteiger partial charge in [-0.3, -0.25) is 10.0 Å². The van der Waals surface area contributed by atoms with Crippen LogP contribution < -0.4 is 19.5 Å². The van der Waals surface area contributed by atoms with E-state index in [2.05, 4.69) is 15.4 Å². The van der Waals surface area contributed by atoms with Gasteiger partial charge in [0, 0.05) is 36.3 Å². The van der Waals surface area contributed by atoms with Crippen molar-refractivity contribution in [2.24, 2.45) is 0 Å². The third-order valence-electron chi connectivity index (χ3n) is 6.85. The molecule has 1 amide bonds. The Labute approximate surface area is 236 Å². The first-order valence-electron chi connectivity index (χ1n) is 13.3. The van der Waals surface area contributed by atoms with Gasteiger partial charge in [0.2, 0.25) is 11.5 Å². The summed E-state index contributed by atoms with van der Waals surface area (Å²) >= 11 is 0. The maximum absolute atomic E-state index is 13.0. The third-order valence-corrected chi connectivity index (χ3v) is 6.85. The van der Waals surface area contributed by atoms with E-state index in [9.17, 15) is 14.8 Å². The number of pyridine rings is 1. The second kappa shape index (κ2) is 13.0. The second-order valence-electron chi connectivity index (χ2n) is 9.74. The first kappa shape index (κ1) is 27.7. The van der Waals surface area contributed by atoms with E-state index in [0.29, 0.717) is 36.8 Å². The Bertz CT molecular complexity index is 1480. The molecule has 11 heteroatoms. The van der Waals surface area contributed by atoms with Crippen LogP contribution in [0, 0.1) is 0 Å². The Morgan fingerprint density at radius 3 is 2.29 bits per heavy atom. The number of carboxylic acid groups (broad SMARTS) is 1. The predicted molar refractivity (Wildman–Crippen MR) is 145 cm³/mol. The zero-order valence-electron chi connectivity index (χ0n) is 22.3. The molecule has 1 aliphatic rings. The minimum atomic E-state index is -1.15. The molecule has 1 saturated heterocycles. The van der Waals surface area contributed by atoms with Crippen molar-refractivity contribution >= 4 is 11.9 Å². The highest BCUT2D eigenvalue weighted by molar-refractivity contribution is 5.91. The smallest absolute Gasteiger partial charge is 0.374 e. The van der Waals surface area contributed by atoms with Crippen molar-refractivity contribution in [2.45, 2.75) is 25.6 Å². The summed E-state index contributed by atoms with van der Waals surface area (Å²) < 4.78 is 17.6. The third kappa shape index (κ3) is 7.20. The van der Waals surface area contributed by atoms with Crippen molar-refractivity contribution in [1.82, 2.24) is 15.4 Å². The molecule has 3 N–H and O–H groups in total. The van der Waals surface area contributed by atoms with Crippen LogP contribution in [0.25, 0.3) is 0 Å². The van der Waals surface area contributed by atoms with Crippen LogP contribution in [-0.4, -0.2) is 58.4 Å². The van der Waals surface area contributed by atoms with E-state index in [0.717, 1.165) is 28.8 Å². The van der Waals surface area contributed by atoms with E-state index in [-0.39, 0.29) is 30.6 Å². The molecule has 41 heavy (non-hydrogen) atoms. The maximum atomic E-state index is 13.0. The summed E-state index contributed by atoms with van der Waals surface area (Å²) in [4.78, 5) is 26.2. The molecule has 212 valence electrons. The molecule has 0 radical (unpaired) electrons. The normalized spacial score (nSPS) is 15.0. The highest BCUT2D eigenvalue weighted by Gasteiger charge is 2.29. The number of hydrogen-bond donors (Lipinski definition) is 3. The van der Waals surface area contributed by atoms with Gasteiger partial charge in [0.15, 0.2) is 5.75 Å². The van der Waals surface area contributed by atoms with Crippen LogP contribution in [0.15, 0.2) is 83.5 Å². The molecular weight excluding hydrogens is 528 g/mol. The summed E-state index contributed by atoms with van der Waals surface area (Å²) in [6.45, 7) is 2.89. The molecule has 0 aliphatic carbocycles. The Hall–Kier alpha value is -4.90. The minimum absolute atomic E-state index is 0.00298. The average Bonchev–Trinajstić information content (AvgIpc) is 3.67. The standard InChI is InChI=1S/C30H30N4O7/c35-29(31-12-14-33-13-11-23(17-33)24-15-27(30(36)37)41-32-24)25-16-26(39-19-21-7-3-1-4-8-21)28(18-34(25)38)40-20-22-9-5-2-6-10-22/h1-10,15-16,18,23H,11-14,17,19-20H2,(H2-,31,35,36,37,38)/p+1/t23-/m1/s1. The lowest BCUT2D eigenvalue weighted by molar-refractivity contribution is -0.906. The number of nitrogens with zero attached hydrogens (tertiary/aromatic N) is 3. The number of aromatic nitrogens is 2. The molecular formula is C30H31N4O7+. The van der Waals surface area contributed by atoms with Crippen molar-refractivity contribution in [1.29, 1.82) is 0 Å². The summed E-state index contributed by atoms with van der Waals surface area (Å²) in [7, 11) is 0. The molecule has 0 unspecified atom stereocenters. The highest BCUT2D eigenvalue weighted by atomic mass is 16.5. The van der Waals surface area contributed by atoms with Gasteiger partial charge in [-0.15, -0.1) is 0 Å². The molecule has 2 aromatic heterocycles. The fourth-order valence-corrected chi connectivity index (χ4v) is 4.64. The number of nitrogens with one attached hydrogen (secondary N) is 1. The first-order chi connectivity index (χ1) is 20.0. The zero-order chi connectivity index (χ0) is 28.6. The van der Waals surface area contributed by atoms with Crippen molar-refractivity contribution < 1.29 is 38.6 Å². The highest BCUT2D eigenvalue weighted by Crippen LogP contribution is 2.29. The van der Waals surface area contributed by atoms with E-state index in [1.807, 2.05) is 60.7 Å².